The number of likely N-dealkylation sites (N-methyl/N-ethyl adjacent to an activating group) is 1. The third-order valence-corrected chi connectivity index (χ3v) is 3.15. The molecule has 2 atom stereocenters. The SMILES string of the molecule is CCNC(CC(=O)O)C(O)c1ccc2c(c1)OCCO2. The first-order chi connectivity index (χ1) is 9.61. The van der Waals surface area contributed by atoms with Crippen molar-refractivity contribution >= 4 is 5.97 Å². The predicted octanol–water partition coefficient (Wildman–Crippen LogP) is 0.944. The van der Waals surface area contributed by atoms with Crippen molar-refractivity contribution < 1.29 is 24.5 Å². The van der Waals surface area contributed by atoms with E-state index in [1.165, 1.54) is 0 Å². The number of carboxylic acids is 1. The van der Waals surface area contributed by atoms with Gasteiger partial charge in [0.2, 0.25) is 0 Å². The molecule has 0 aliphatic carbocycles. The second kappa shape index (κ2) is 6.58. The van der Waals surface area contributed by atoms with E-state index in [2.05, 4.69) is 5.32 Å². The van der Waals surface area contributed by atoms with Crippen LogP contribution >= 0.6 is 0 Å². The minimum Gasteiger partial charge on any atom is -0.486 e. The molecule has 0 radical (unpaired) electrons. The summed E-state index contributed by atoms with van der Waals surface area (Å²) in [6.45, 7) is 3.43. The smallest absolute Gasteiger partial charge is 0.305 e. The number of aliphatic hydroxyl groups excluding tert-OH is 1. The van der Waals surface area contributed by atoms with Gasteiger partial charge in [-0.2, -0.15) is 0 Å². The highest BCUT2D eigenvalue weighted by molar-refractivity contribution is 5.67. The van der Waals surface area contributed by atoms with E-state index in [1.54, 1.807) is 18.2 Å². The molecule has 0 saturated carbocycles. The fraction of sp³-hybridized carbons (Fsp3) is 0.500. The van der Waals surface area contributed by atoms with Crippen molar-refractivity contribution in [2.75, 3.05) is 19.8 Å². The van der Waals surface area contributed by atoms with Gasteiger partial charge in [-0.05, 0) is 24.2 Å². The minimum atomic E-state index is -0.951. The lowest BCUT2D eigenvalue weighted by Gasteiger charge is -2.24. The molecule has 1 heterocycles. The molecule has 6 heteroatoms. The molecular formula is C14H19NO5. The molecule has 2 unspecified atom stereocenters. The Labute approximate surface area is 117 Å². The standard InChI is InChI=1S/C14H19NO5/c1-2-15-10(8-13(16)17)14(18)9-3-4-11-12(7-9)20-6-5-19-11/h3-4,7,10,14-15,18H,2,5-6,8H2,1H3,(H,16,17). The van der Waals surface area contributed by atoms with Crippen molar-refractivity contribution in [2.45, 2.75) is 25.5 Å². The van der Waals surface area contributed by atoms with Crippen LogP contribution < -0.4 is 14.8 Å². The number of rotatable bonds is 6. The average molecular weight is 281 g/mol. The summed E-state index contributed by atoms with van der Waals surface area (Å²) >= 11 is 0. The fourth-order valence-electron chi connectivity index (χ4n) is 2.22. The first kappa shape index (κ1) is 14.6. The van der Waals surface area contributed by atoms with Crippen LogP contribution in [0.15, 0.2) is 18.2 Å². The molecule has 0 aromatic heterocycles. The van der Waals surface area contributed by atoms with E-state index in [4.69, 9.17) is 14.6 Å². The van der Waals surface area contributed by atoms with E-state index in [9.17, 15) is 9.90 Å². The number of benzene rings is 1. The molecule has 1 aromatic carbocycles. The topological polar surface area (TPSA) is 88.0 Å². The van der Waals surface area contributed by atoms with Crippen LogP contribution in [0.5, 0.6) is 11.5 Å². The molecule has 1 aliphatic rings. The predicted molar refractivity (Wildman–Crippen MR) is 72.1 cm³/mol. The Morgan fingerprint density at radius 3 is 2.70 bits per heavy atom. The maximum atomic E-state index is 10.9. The Balaban J connectivity index is 2.17. The number of nitrogens with one attached hydrogen (secondary N) is 1. The second-order valence-corrected chi connectivity index (χ2v) is 4.61. The summed E-state index contributed by atoms with van der Waals surface area (Å²) in [5.41, 5.74) is 0.612. The maximum absolute atomic E-state index is 10.9. The number of hydrogen-bond donors (Lipinski definition) is 3. The number of aliphatic hydroxyl groups is 1. The van der Waals surface area contributed by atoms with Gasteiger partial charge in [-0.15, -0.1) is 0 Å². The molecule has 1 aromatic rings. The van der Waals surface area contributed by atoms with E-state index in [-0.39, 0.29) is 6.42 Å². The minimum absolute atomic E-state index is 0.149. The fourth-order valence-corrected chi connectivity index (χ4v) is 2.22. The van der Waals surface area contributed by atoms with Gasteiger partial charge in [0, 0.05) is 6.04 Å². The van der Waals surface area contributed by atoms with Crippen molar-refractivity contribution in [3.05, 3.63) is 23.8 Å². The highest BCUT2D eigenvalue weighted by atomic mass is 16.6. The molecule has 110 valence electrons. The molecule has 0 spiro atoms. The van der Waals surface area contributed by atoms with Crippen LogP contribution in [-0.2, 0) is 4.79 Å². The van der Waals surface area contributed by atoms with Crippen LogP contribution in [0.2, 0.25) is 0 Å². The molecule has 1 aliphatic heterocycles. The van der Waals surface area contributed by atoms with Gasteiger partial charge < -0.3 is 25.0 Å². The van der Waals surface area contributed by atoms with Gasteiger partial charge >= 0.3 is 5.97 Å². The maximum Gasteiger partial charge on any atom is 0.305 e. The van der Waals surface area contributed by atoms with Crippen molar-refractivity contribution in [3.8, 4) is 11.5 Å². The van der Waals surface area contributed by atoms with Gasteiger partial charge in [-0.3, -0.25) is 4.79 Å². The van der Waals surface area contributed by atoms with E-state index in [1.807, 2.05) is 6.92 Å². The number of aliphatic carboxylic acids is 1. The number of carboxylic acid groups (broad SMARTS) is 1. The molecule has 0 bridgehead atoms. The van der Waals surface area contributed by atoms with Gasteiger partial charge in [0.15, 0.2) is 11.5 Å². The molecule has 20 heavy (non-hydrogen) atoms. The Morgan fingerprint density at radius 2 is 2.05 bits per heavy atom. The summed E-state index contributed by atoms with van der Waals surface area (Å²) in [4.78, 5) is 10.9. The van der Waals surface area contributed by atoms with Crippen LogP contribution in [0.4, 0.5) is 0 Å². The number of hydrogen-bond acceptors (Lipinski definition) is 5. The lowest BCUT2D eigenvalue weighted by Crippen LogP contribution is -2.36. The van der Waals surface area contributed by atoms with Gasteiger partial charge in [-0.1, -0.05) is 13.0 Å². The summed E-state index contributed by atoms with van der Waals surface area (Å²) in [6, 6.07) is 4.62. The van der Waals surface area contributed by atoms with Crippen molar-refractivity contribution in [3.63, 3.8) is 0 Å². The van der Waals surface area contributed by atoms with Crippen molar-refractivity contribution in [1.29, 1.82) is 0 Å². The summed E-state index contributed by atoms with van der Waals surface area (Å²) in [5, 5.41) is 22.2. The monoisotopic (exact) mass is 281 g/mol. The number of ether oxygens (including phenoxy) is 2. The average Bonchev–Trinajstić information content (AvgIpc) is 2.45. The zero-order valence-corrected chi connectivity index (χ0v) is 11.3. The molecule has 6 nitrogen and oxygen atoms in total. The van der Waals surface area contributed by atoms with Gasteiger partial charge in [-0.25, -0.2) is 0 Å². The number of fused-ring (bicyclic) bond motifs is 1. The first-order valence-corrected chi connectivity index (χ1v) is 6.64. The Kier molecular flexibility index (Phi) is 4.81. The Bertz CT molecular complexity index is 477. The molecule has 3 N–H and O–H groups in total. The van der Waals surface area contributed by atoms with Crippen molar-refractivity contribution in [1.82, 2.24) is 5.32 Å². The third kappa shape index (κ3) is 3.40. The lowest BCUT2D eigenvalue weighted by atomic mass is 9.99. The van der Waals surface area contributed by atoms with E-state index < -0.39 is 18.1 Å². The molecular weight excluding hydrogens is 262 g/mol. The summed E-state index contributed by atoms with van der Waals surface area (Å²) in [5.74, 6) is 0.274. The van der Waals surface area contributed by atoms with Gasteiger partial charge in [0.1, 0.15) is 13.2 Å². The quantitative estimate of drug-likeness (QED) is 0.719. The molecule has 2 rings (SSSR count). The van der Waals surface area contributed by atoms with E-state index >= 15 is 0 Å². The zero-order chi connectivity index (χ0) is 14.5. The molecule has 0 amide bonds. The highest BCUT2D eigenvalue weighted by Gasteiger charge is 2.24. The van der Waals surface area contributed by atoms with Gasteiger partial charge in [0.25, 0.3) is 0 Å². The lowest BCUT2D eigenvalue weighted by molar-refractivity contribution is -0.138. The Hall–Kier alpha value is -1.79. The summed E-state index contributed by atoms with van der Waals surface area (Å²) in [7, 11) is 0. The van der Waals surface area contributed by atoms with Crippen LogP contribution in [-0.4, -0.2) is 42.0 Å². The van der Waals surface area contributed by atoms with Crippen LogP contribution in [0, 0.1) is 0 Å². The molecule has 0 fully saturated rings. The largest absolute Gasteiger partial charge is 0.486 e. The van der Waals surface area contributed by atoms with Crippen molar-refractivity contribution in [2.24, 2.45) is 0 Å². The third-order valence-electron chi connectivity index (χ3n) is 3.15. The molecule has 0 saturated heterocycles. The van der Waals surface area contributed by atoms with Crippen LogP contribution in [0.1, 0.15) is 25.0 Å². The van der Waals surface area contributed by atoms with Crippen LogP contribution in [0.25, 0.3) is 0 Å². The van der Waals surface area contributed by atoms with E-state index in [0.29, 0.717) is 36.8 Å². The van der Waals surface area contributed by atoms with E-state index in [0.717, 1.165) is 0 Å². The normalized spacial score (nSPS) is 16.5. The van der Waals surface area contributed by atoms with Gasteiger partial charge in [0.05, 0.1) is 12.5 Å². The second-order valence-electron chi connectivity index (χ2n) is 4.61. The highest BCUT2D eigenvalue weighted by Crippen LogP contribution is 2.33. The number of carbonyl (C=O) groups is 1. The first-order valence-electron chi connectivity index (χ1n) is 6.64. The van der Waals surface area contributed by atoms with Crippen LogP contribution in [0.3, 0.4) is 0 Å². The zero-order valence-electron chi connectivity index (χ0n) is 11.3. The summed E-state index contributed by atoms with van der Waals surface area (Å²) < 4.78 is 10.9. The summed E-state index contributed by atoms with van der Waals surface area (Å²) in [6.07, 6.45) is -1.06. The Morgan fingerprint density at radius 1 is 1.35 bits per heavy atom.